The Bertz CT molecular complexity index is 762. The van der Waals surface area contributed by atoms with E-state index in [0.717, 1.165) is 25.9 Å². The molecule has 0 bridgehead atoms. The van der Waals surface area contributed by atoms with E-state index in [4.69, 9.17) is 6.42 Å². The lowest BCUT2D eigenvalue weighted by Gasteiger charge is -2.30. The topological polar surface area (TPSA) is 49.4 Å². The fraction of sp³-hybridized carbons (Fsp3) is 0.571. The average molecular weight is 437 g/mol. The van der Waals surface area contributed by atoms with Gasteiger partial charge in [-0.15, -0.1) is 6.42 Å². The van der Waals surface area contributed by atoms with Crippen molar-refractivity contribution < 1.29 is 9.59 Å². The van der Waals surface area contributed by atoms with Crippen molar-refractivity contribution in [3.63, 3.8) is 0 Å². The number of carbonyl (C=O) groups excluding carboxylic acids is 2. The van der Waals surface area contributed by atoms with Gasteiger partial charge in [0.1, 0.15) is 0 Å². The van der Waals surface area contributed by atoms with Crippen LogP contribution in [0.15, 0.2) is 36.4 Å². The normalized spacial score (nSPS) is 17.9. The van der Waals surface area contributed by atoms with Gasteiger partial charge in [0, 0.05) is 18.2 Å². The third kappa shape index (κ3) is 9.01. The Morgan fingerprint density at radius 3 is 2.25 bits per heavy atom. The van der Waals surface area contributed by atoms with E-state index in [2.05, 4.69) is 42.1 Å². The van der Waals surface area contributed by atoms with Crippen LogP contribution in [0.3, 0.4) is 0 Å². The molecule has 0 radical (unpaired) electrons. The fourth-order valence-corrected chi connectivity index (χ4v) is 4.38. The predicted octanol–water partition coefficient (Wildman–Crippen LogP) is 5.35. The third-order valence-electron chi connectivity index (χ3n) is 6.24. The van der Waals surface area contributed by atoms with E-state index >= 15 is 0 Å². The maximum absolute atomic E-state index is 12.4. The van der Waals surface area contributed by atoms with Gasteiger partial charge in [-0.25, -0.2) is 0 Å². The lowest BCUT2D eigenvalue weighted by Crippen LogP contribution is -2.38. The van der Waals surface area contributed by atoms with Crippen molar-refractivity contribution in [1.29, 1.82) is 0 Å². The molecule has 1 saturated heterocycles. The minimum atomic E-state index is -0.205. The zero-order chi connectivity index (χ0) is 23.2. The molecule has 0 spiro atoms. The smallest absolute Gasteiger partial charge is 0.244 e. The van der Waals surface area contributed by atoms with Crippen molar-refractivity contribution in [1.82, 2.24) is 10.2 Å². The summed E-state index contributed by atoms with van der Waals surface area (Å²) >= 11 is 0. The molecule has 32 heavy (non-hydrogen) atoms. The van der Waals surface area contributed by atoms with E-state index in [1.165, 1.54) is 56.2 Å². The number of carbonyl (C=O) groups is 2. The zero-order valence-electron chi connectivity index (χ0n) is 19.9. The second kappa shape index (κ2) is 14.6. The van der Waals surface area contributed by atoms with Crippen molar-refractivity contribution in [2.75, 3.05) is 26.2 Å². The van der Waals surface area contributed by atoms with Gasteiger partial charge >= 0.3 is 0 Å². The quantitative estimate of drug-likeness (QED) is 0.356. The fourth-order valence-electron chi connectivity index (χ4n) is 4.38. The zero-order valence-corrected chi connectivity index (χ0v) is 19.9. The van der Waals surface area contributed by atoms with Crippen molar-refractivity contribution in [2.24, 2.45) is 5.92 Å². The monoisotopic (exact) mass is 436 g/mol. The van der Waals surface area contributed by atoms with E-state index in [1.807, 2.05) is 12.1 Å². The molecular weight excluding hydrogens is 396 g/mol. The Kier molecular flexibility index (Phi) is 11.8. The van der Waals surface area contributed by atoms with Gasteiger partial charge in [0.2, 0.25) is 5.91 Å². The molecule has 2 aliphatic rings. The Labute approximate surface area is 194 Å². The number of nitrogens with one attached hydrogen (secondary N) is 1. The van der Waals surface area contributed by atoms with E-state index in [9.17, 15) is 9.59 Å². The number of terminal acetylenes is 1. The number of ketones is 1. The summed E-state index contributed by atoms with van der Waals surface area (Å²) in [5, 5.41) is 2.92. The minimum absolute atomic E-state index is 0.127. The average Bonchev–Trinajstić information content (AvgIpc) is 2.83. The number of allylic oxidation sites excluding steroid dienone is 1. The molecule has 0 atom stereocenters. The molecule has 4 heteroatoms. The van der Waals surface area contributed by atoms with Crippen molar-refractivity contribution in [3.8, 4) is 12.3 Å². The van der Waals surface area contributed by atoms with Crippen LogP contribution in [0.2, 0.25) is 0 Å². The van der Waals surface area contributed by atoms with Crippen LogP contribution in [-0.2, 0) is 4.79 Å². The van der Waals surface area contributed by atoms with Gasteiger partial charge in [-0.1, -0.05) is 69.7 Å². The molecule has 0 unspecified atom stereocenters. The summed E-state index contributed by atoms with van der Waals surface area (Å²) in [5.41, 5.74) is 1.96. The number of hydrogen-bond acceptors (Lipinski definition) is 3. The van der Waals surface area contributed by atoms with Crippen LogP contribution >= 0.6 is 0 Å². The molecule has 1 heterocycles. The molecule has 0 aromatic heterocycles. The van der Waals surface area contributed by atoms with Crippen LogP contribution in [-0.4, -0.2) is 42.8 Å². The Morgan fingerprint density at radius 1 is 1.03 bits per heavy atom. The molecule has 4 nitrogen and oxygen atoms in total. The lowest BCUT2D eigenvalue weighted by molar-refractivity contribution is -0.116. The summed E-state index contributed by atoms with van der Waals surface area (Å²) < 4.78 is 0. The van der Waals surface area contributed by atoms with E-state index in [-0.39, 0.29) is 11.7 Å². The SMILES string of the molecule is C#CCN1CCC(CNC(=O)/C=C/C(=O)c2ccc(C3CCCCC3)cc2)CC1.CCC. The number of likely N-dealkylation sites (tertiary alicyclic amines) is 1. The molecule has 1 aliphatic heterocycles. The van der Waals surface area contributed by atoms with E-state index in [1.54, 1.807) is 0 Å². The molecular formula is C28H40N2O2. The number of hydrogen-bond donors (Lipinski definition) is 1. The molecule has 3 rings (SSSR count). The highest BCUT2D eigenvalue weighted by molar-refractivity contribution is 6.07. The molecule has 1 amide bonds. The molecule has 1 aromatic carbocycles. The van der Waals surface area contributed by atoms with Crippen LogP contribution in [0.4, 0.5) is 0 Å². The van der Waals surface area contributed by atoms with Crippen molar-refractivity contribution in [3.05, 3.63) is 47.5 Å². The Balaban J connectivity index is 0.00000114. The maximum Gasteiger partial charge on any atom is 0.244 e. The first-order valence-corrected chi connectivity index (χ1v) is 12.3. The van der Waals surface area contributed by atoms with Gasteiger partial charge in [0.15, 0.2) is 5.78 Å². The Morgan fingerprint density at radius 2 is 1.66 bits per heavy atom. The summed E-state index contributed by atoms with van der Waals surface area (Å²) in [7, 11) is 0. The number of nitrogens with zero attached hydrogens (tertiary/aromatic N) is 1. The van der Waals surface area contributed by atoms with Crippen LogP contribution < -0.4 is 5.32 Å². The second-order valence-corrected chi connectivity index (χ2v) is 9.03. The van der Waals surface area contributed by atoms with Crippen molar-refractivity contribution >= 4 is 11.7 Å². The second-order valence-electron chi connectivity index (χ2n) is 9.03. The first kappa shape index (κ1) is 25.9. The summed E-state index contributed by atoms with van der Waals surface area (Å²) in [4.78, 5) is 26.7. The van der Waals surface area contributed by atoms with Gasteiger partial charge in [0.05, 0.1) is 6.54 Å². The van der Waals surface area contributed by atoms with Gasteiger partial charge in [-0.2, -0.15) is 0 Å². The van der Waals surface area contributed by atoms with Gasteiger partial charge in [-0.3, -0.25) is 14.5 Å². The Hall–Kier alpha value is -2.38. The number of amides is 1. The first-order chi connectivity index (χ1) is 15.6. The number of rotatable bonds is 7. The van der Waals surface area contributed by atoms with Gasteiger partial charge in [-0.05, 0) is 62.2 Å². The molecule has 1 N–H and O–H groups in total. The van der Waals surface area contributed by atoms with E-state index < -0.39 is 0 Å². The molecule has 174 valence electrons. The van der Waals surface area contributed by atoms with Gasteiger partial charge in [0.25, 0.3) is 0 Å². The summed E-state index contributed by atoms with van der Waals surface area (Å²) in [5.74, 6) is 3.45. The van der Waals surface area contributed by atoms with Crippen LogP contribution in [0.25, 0.3) is 0 Å². The van der Waals surface area contributed by atoms with Crippen LogP contribution in [0, 0.1) is 18.3 Å². The number of benzene rings is 1. The van der Waals surface area contributed by atoms with Crippen LogP contribution in [0.5, 0.6) is 0 Å². The summed E-state index contributed by atoms with van der Waals surface area (Å²) in [6.07, 6.45) is 17.8. The maximum atomic E-state index is 12.4. The highest BCUT2D eigenvalue weighted by atomic mass is 16.1. The highest BCUT2D eigenvalue weighted by Crippen LogP contribution is 2.32. The number of piperidine rings is 1. The first-order valence-electron chi connectivity index (χ1n) is 12.3. The van der Waals surface area contributed by atoms with E-state index in [0.29, 0.717) is 30.5 Å². The molecule has 2 fully saturated rings. The van der Waals surface area contributed by atoms with Crippen molar-refractivity contribution in [2.45, 2.75) is 71.1 Å². The van der Waals surface area contributed by atoms with Crippen LogP contribution in [0.1, 0.15) is 87.1 Å². The lowest BCUT2D eigenvalue weighted by atomic mass is 9.84. The molecule has 1 aliphatic carbocycles. The summed E-state index contributed by atoms with van der Waals surface area (Å²) in [6, 6.07) is 7.92. The minimum Gasteiger partial charge on any atom is -0.352 e. The standard InChI is InChI=1S/C25H32N2O2.C3H8/c1-2-16-27-17-14-20(15-18-27)19-26-25(29)13-12-24(28)23-10-8-22(9-11-23)21-6-4-3-5-7-21;1-3-2/h1,8-13,20-21H,3-7,14-19H2,(H,26,29);3H2,1-2H3/b13-12+;. The highest BCUT2D eigenvalue weighted by Gasteiger charge is 2.19. The molecule has 1 saturated carbocycles. The third-order valence-corrected chi connectivity index (χ3v) is 6.24. The molecule has 1 aromatic rings. The largest absolute Gasteiger partial charge is 0.352 e. The predicted molar refractivity (Wildman–Crippen MR) is 133 cm³/mol. The van der Waals surface area contributed by atoms with Gasteiger partial charge < -0.3 is 5.32 Å². The summed E-state index contributed by atoms with van der Waals surface area (Å²) in [6.45, 7) is 7.56.